The Morgan fingerprint density at radius 1 is 1.36 bits per heavy atom. The van der Waals surface area contributed by atoms with Gasteiger partial charge in [-0.25, -0.2) is 9.18 Å². The molecule has 0 spiro atoms. The lowest BCUT2D eigenvalue weighted by Crippen LogP contribution is -2.32. The molecule has 0 aromatic heterocycles. The number of carbonyl (C=O) groups is 2. The lowest BCUT2D eigenvalue weighted by atomic mass is 9.93. The second kappa shape index (κ2) is 5.79. The Kier molecular flexibility index (Phi) is 3.83. The molecule has 1 aliphatic carbocycles. The van der Waals surface area contributed by atoms with Gasteiger partial charge in [0.05, 0.1) is 12.2 Å². The summed E-state index contributed by atoms with van der Waals surface area (Å²) in [5.74, 6) is -1.08. The molecule has 5 nitrogen and oxygen atoms in total. The second-order valence-corrected chi connectivity index (χ2v) is 5.52. The van der Waals surface area contributed by atoms with Gasteiger partial charge in [0.2, 0.25) is 0 Å². The summed E-state index contributed by atoms with van der Waals surface area (Å²) in [6, 6.07) is 4.64. The SMILES string of the molecule is NC(=O)[C@H]1CN(c2ccc(C3=CCCCC3)c(F)c2)C(=O)O1. The van der Waals surface area contributed by atoms with Crippen LogP contribution in [-0.4, -0.2) is 24.6 Å². The molecule has 22 heavy (non-hydrogen) atoms. The van der Waals surface area contributed by atoms with E-state index < -0.39 is 18.1 Å². The zero-order valence-corrected chi connectivity index (χ0v) is 12.0. The molecule has 1 saturated heterocycles. The van der Waals surface area contributed by atoms with Crippen molar-refractivity contribution in [1.82, 2.24) is 0 Å². The molecule has 1 aromatic carbocycles. The predicted molar refractivity (Wildman–Crippen MR) is 79.7 cm³/mol. The van der Waals surface area contributed by atoms with E-state index in [9.17, 15) is 14.0 Å². The number of anilines is 1. The highest BCUT2D eigenvalue weighted by atomic mass is 19.1. The third-order valence-corrected chi connectivity index (χ3v) is 4.03. The normalized spacial score (nSPS) is 21.5. The van der Waals surface area contributed by atoms with Crippen molar-refractivity contribution in [2.75, 3.05) is 11.4 Å². The Labute approximate surface area is 127 Å². The lowest BCUT2D eigenvalue weighted by molar-refractivity contribution is -0.124. The fraction of sp³-hybridized carbons (Fsp3) is 0.375. The number of benzene rings is 1. The van der Waals surface area contributed by atoms with Crippen molar-refractivity contribution in [3.63, 3.8) is 0 Å². The van der Waals surface area contributed by atoms with Crippen LogP contribution in [0.1, 0.15) is 31.2 Å². The van der Waals surface area contributed by atoms with Crippen LogP contribution in [0.5, 0.6) is 0 Å². The topological polar surface area (TPSA) is 72.6 Å². The van der Waals surface area contributed by atoms with Gasteiger partial charge in [-0.15, -0.1) is 0 Å². The minimum atomic E-state index is -0.990. The summed E-state index contributed by atoms with van der Waals surface area (Å²) >= 11 is 0. The Bertz CT molecular complexity index is 657. The molecular formula is C16H17FN2O3. The molecule has 1 aromatic rings. The Morgan fingerprint density at radius 2 is 2.18 bits per heavy atom. The third kappa shape index (κ3) is 2.68. The maximum absolute atomic E-state index is 14.4. The number of cyclic esters (lactones) is 1. The summed E-state index contributed by atoms with van der Waals surface area (Å²) < 4.78 is 19.2. The number of carbonyl (C=O) groups excluding carboxylic acids is 2. The molecule has 1 aliphatic heterocycles. The highest BCUT2D eigenvalue weighted by molar-refractivity contribution is 5.95. The van der Waals surface area contributed by atoms with E-state index in [-0.39, 0.29) is 12.4 Å². The van der Waals surface area contributed by atoms with E-state index in [2.05, 4.69) is 6.08 Å². The smallest absolute Gasteiger partial charge is 0.415 e. The molecule has 0 radical (unpaired) electrons. The van der Waals surface area contributed by atoms with Crippen molar-refractivity contribution in [2.45, 2.75) is 31.8 Å². The summed E-state index contributed by atoms with van der Waals surface area (Å²) in [6.07, 6.45) is 4.42. The number of amides is 2. The maximum Gasteiger partial charge on any atom is 0.415 e. The molecule has 2 N–H and O–H groups in total. The number of rotatable bonds is 3. The Hall–Kier alpha value is -2.37. The molecule has 0 unspecified atom stereocenters. The molecule has 3 rings (SSSR count). The molecule has 2 amide bonds. The van der Waals surface area contributed by atoms with E-state index in [4.69, 9.17) is 10.5 Å². The average molecular weight is 304 g/mol. The first-order valence-corrected chi connectivity index (χ1v) is 7.32. The summed E-state index contributed by atoms with van der Waals surface area (Å²) in [5.41, 5.74) is 7.07. The number of halogens is 1. The van der Waals surface area contributed by atoms with Crippen LogP contribution in [0.25, 0.3) is 5.57 Å². The minimum Gasteiger partial charge on any atom is -0.434 e. The van der Waals surface area contributed by atoms with Gasteiger partial charge in [-0.05, 0) is 49.5 Å². The average Bonchev–Trinajstić information content (AvgIpc) is 2.90. The molecule has 6 heteroatoms. The first kappa shape index (κ1) is 14.6. The number of ether oxygens (including phenoxy) is 1. The number of allylic oxidation sites excluding steroid dienone is 2. The van der Waals surface area contributed by atoms with E-state index in [1.54, 1.807) is 12.1 Å². The van der Waals surface area contributed by atoms with E-state index in [1.807, 2.05) is 0 Å². The lowest BCUT2D eigenvalue weighted by Gasteiger charge is -2.17. The Balaban J connectivity index is 1.84. The summed E-state index contributed by atoms with van der Waals surface area (Å²) in [4.78, 5) is 24.1. The predicted octanol–water partition coefficient (Wildman–Crippen LogP) is 2.59. The van der Waals surface area contributed by atoms with Crippen molar-refractivity contribution in [1.29, 1.82) is 0 Å². The first-order chi connectivity index (χ1) is 10.6. The molecule has 2 aliphatic rings. The van der Waals surface area contributed by atoms with Crippen molar-refractivity contribution in [2.24, 2.45) is 5.73 Å². The standard InChI is InChI=1S/C16H17FN2O3/c17-13-8-11(19-9-14(15(18)20)22-16(19)21)6-7-12(13)10-4-2-1-3-5-10/h4,6-8,14H,1-3,5,9H2,(H2,18,20)/t14-/m1/s1. The monoisotopic (exact) mass is 304 g/mol. The van der Waals surface area contributed by atoms with Gasteiger partial charge in [-0.1, -0.05) is 6.08 Å². The number of nitrogens with zero attached hydrogens (tertiary/aromatic N) is 1. The van der Waals surface area contributed by atoms with Crippen LogP contribution >= 0.6 is 0 Å². The summed E-state index contributed by atoms with van der Waals surface area (Å²) in [7, 11) is 0. The Morgan fingerprint density at radius 3 is 2.77 bits per heavy atom. The number of hydrogen-bond acceptors (Lipinski definition) is 3. The summed E-state index contributed by atoms with van der Waals surface area (Å²) in [6.45, 7) is 0.00957. The largest absolute Gasteiger partial charge is 0.434 e. The molecular weight excluding hydrogens is 287 g/mol. The van der Waals surface area contributed by atoms with Crippen molar-refractivity contribution < 1.29 is 18.7 Å². The van der Waals surface area contributed by atoms with Crippen molar-refractivity contribution in [3.8, 4) is 0 Å². The zero-order chi connectivity index (χ0) is 15.7. The first-order valence-electron chi connectivity index (χ1n) is 7.32. The van der Waals surface area contributed by atoms with Crippen LogP contribution in [-0.2, 0) is 9.53 Å². The fourth-order valence-corrected chi connectivity index (χ4v) is 2.84. The van der Waals surface area contributed by atoms with E-state index >= 15 is 0 Å². The van der Waals surface area contributed by atoms with E-state index in [0.717, 1.165) is 31.3 Å². The van der Waals surface area contributed by atoms with Crippen LogP contribution in [0, 0.1) is 5.82 Å². The van der Waals surface area contributed by atoms with Crippen LogP contribution in [0.4, 0.5) is 14.9 Å². The van der Waals surface area contributed by atoms with E-state index in [1.165, 1.54) is 11.0 Å². The molecule has 1 fully saturated rings. The molecule has 116 valence electrons. The minimum absolute atomic E-state index is 0.00957. The molecule has 0 saturated carbocycles. The van der Waals surface area contributed by atoms with Crippen LogP contribution in [0.2, 0.25) is 0 Å². The number of hydrogen-bond donors (Lipinski definition) is 1. The van der Waals surface area contributed by atoms with Crippen molar-refractivity contribution in [3.05, 3.63) is 35.7 Å². The molecule has 1 atom stereocenters. The van der Waals surface area contributed by atoms with Gasteiger partial charge in [0, 0.05) is 5.56 Å². The van der Waals surface area contributed by atoms with Gasteiger partial charge in [0.25, 0.3) is 5.91 Å². The van der Waals surface area contributed by atoms with Crippen LogP contribution in [0.15, 0.2) is 24.3 Å². The van der Waals surface area contributed by atoms with Gasteiger partial charge in [0.1, 0.15) is 5.82 Å². The fourth-order valence-electron chi connectivity index (χ4n) is 2.84. The quantitative estimate of drug-likeness (QED) is 0.933. The summed E-state index contributed by atoms with van der Waals surface area (Å²) in [5, 5.41) is 0. The van der Waals surface area contributed by atoms with Gasteiger partial charge in [-0.2, -0.15) is 0 Å². The second-order valence-electron chi connectivity index (χ2n) is 5.52. The van der Waals surface area contributed by atoms with Crippen LogP contribution in [0.3, 0.4) is 0 Å². The van der Waals surface area contributed by atoms with Crippen molar-refractivity contribution >= 4 is 23.3 Å². The van der Waals surface area contributed by atoms with E-state index in [0.29, 0.717) is 11.3 Å². The van der Waals surface area contributed by atoms with Gasteiger partial charge >= 0.3 is 6.09 Å². The van der Waals surface area contributed by atoms with Crippen LogP contribution < -0.4 is 10.6 Å². The highest BCUT2D eigenvalue weighted by Crippen LogP contribution is 2.31. The molecule has 0 bridgehead atoms. The number of nitrogens with two attached hydrogens (primary N) is 1. The number of primary amides is 1. The highest BCUT2D eigenvalue weighted by Gasteiger charge is 2.36. The van der Waals surface area contributed by atoms with Gasteiger partial charge in [0.15, 0.2) is 6.10 Å². The van der Waals surface area contributed by atoms with Gasteiger partial charge in [-0.3, -0.25) is 9.69 Å². The van der Waals surface area contributed by atoms with Gasteiger partial charge < -0.3 is 10.5 Å². The maximum atomic E-state index is 14.4. The third-order valence-electron chi connectivity index (χ3n) is 4.03. The molecule has 1 heterocycles. The zero-order valence-electron chi connectivity index (χ0n) is 12.0.